The predicted octanol–water partition coefficient (Wildman–Crippen LogP) is 3.94. The molecule has 2 atom stereocenters. The molecule has 2 rings (SSSR count). The van der Waals surface area contributed by atoms with Crippen molar-refractivity contribution in [2.75, 3.05) is 5.75 Å². The molecule has 0 aliphatic heterocycles. The zero-order valence-electron chi connectivity index (χ0n) is 12.6. The van der Waals surface area contributed by atoms with Gasteiger partial charge in [0.05, 0.1) is 6.07 Å². The maximum Gasteiger partial charge on any atom is 0.141 e. The van der Waals surface area contributed by atoms with Crippen LogP contribution in [-0.4, -0.2) is 17.0 Å². The van der Waals surface area contributed by atoms with Crippen LogP contribution < -0.4 is 5.32 Å². The quantitative estimate of drug-likeness (QED) is 0.825. The van der Waals surface area contributed by atoms with Crippen molar-refractivity contribution in [2.24, 2.45) is 5.92 Å². The Morgan fingerprint density at radius 2 is 1.95 bits per heavy atom. The Morgan fingerprint density at radius 3 is 2.45 bits per heavy atom. The van der Waals surface area contributed by atoms with E-state index in [0.29, 0.717) is 17.2 Å². The third-order valence-electron chi connectivity index (χ3n) is 3.99. The molecule has 0 heterocycles. The van der Waals surface area contributed by atoms with Crippen LogP contribution in [0.3, 0.4) is 0 Å². The Labute approximate surface area is 127 Å². The summed E-state index contributed by atoms with van der Waals surface area (Å²) in [6.45, 7) is 6.73. The summed E-state index contributed by atoms with van der Waals surface area (Å²) in [5.41, 5.74) is 0.550. The van der Waals surface area contributed by atoms with E-state index in [2.05, 4.69) is 44.3 Å². The minimum atomic E-state index is -0.545. The van der Waals surface area contributed by atoms with Gasteiger partial charge < -0.3 is 0 Å². The first-order valence-electron chi connectivity index (χ1n) is 7.43. The summed E-state index contributed by atoms with van der Waals surface area (Å²) in [6, 6.07) is 13.3. The molecule has 2 nitrogen and oxygen atoms in total. The van der Waals surface area contributed by atoms with Crippen LogP contribution in [0.4, 0.5) is 0 Å². The number of nitrogens with one attached hydrogen (secondary N) is 1. The molecular weight excluding hydrogens is 264 g/mol. The molecule has 1 aliphatic carbocycles. The fourth-order valence-electron chi connectivity index (χ4n) is 2.09. The lowest BCUT2D eigenvalue weighted by Crippen LogP contribution is -2.45. The van der Waals surface area contributed by atoms with Gasteiger partial charge in [0.25, 0.3) is 0 Å². The number of nitriles is 1. The zero-order valence-corrected chi connectivity index (χ0v) is 13.4. The summed E-state index contributed by atoms with van der Waals surface area (Å²) in [6.07, 6.45) is 2.39. The lowest BCUT2D eigenvalue weighted by Gasteiger charge is -2.30. The van der Waals surface area contributed by atoms with E-state index >= 15 is 0 Å². The van der Waals surface area contributed by atoms with Crippen LogP contribution in [-0.2, 0) is 5.54 Å². The van der Waals surface area contributed by atoms with Crippen LogP contribution >= 0.6 is 11.8 Å². The normalized spacial score (nSPS) is 19.4. The van der Waals surface area contributed by atoms with Crippen molar-refractivity contribution in [3.8, 4) is 6.07 Å². The first-order chi connectivity index (χ1) is 9.57. The van der Waals surface area contributed by atoms with Crippen LogP contribution in [0.2, 0.25) is 0 Å². The van der Waals surface area contributed by atoms with Gasteiger partial charge in [0, 0.05) is 17.0 Å². The van der Waals surface area contributed by atoms with Crippen molar-refractivity contribution >= 4 is 11.8 Å². The largest absolute Gasteiger partial charge is 0.292 e. The van der Waals surface area contributed by atoms with Gasteiger partial charge in [-0.25, -0.2) is 0 Å². The van der Waals surface area contributed by atoms with E-state index in [1.165, 1.54) is 12.8 Å². The van der Waals surface area contributed by atoms with E-state index < -0.39 is 5.54 Å². The van der Waals surface area contributed by atoms with E-state index in [9.17, 15) is 5.26 Å². The van der Waals surface area contributed by atoms with E-state index in [1.807, 2.05) is 30.0 Å². The van der Waals surface area contributed by atoms with Crippen LogP contribution in [0.25, 0.3) is 0 Å². The molecule has 1 fully saturated rings. The lowest BCUT2D eigenvalue weighted by atomic mass is 9.93. The lowest BCUT2D eigenvalue weighted by molar-refractivity contribution is 0.468. The van der Waals surface area contributed by atoms with E-state index in [-0.39, 0.29) is 0 Å². The fraction of sp³-hybridized carbons (Fsp3) is 0.588. The Bertz CT molecular complexity index is 462. The molecule has 0 amide bonds. The summed E-state index contributed by atoms with van der Waals surface area (Å²) in [7, 11) is 0. The minimum Gasteiger partial charge on any atom is -0.292 e. The second-order valence-electron chi connectivity index (χ2n) is 6.06. The second-order valence-corrected chi connectivity index (χ2v) is 7.43. The van der Waals surface area contributed by atoms with Gasteiger partial charge in [0.2, 0.25) is 0 Å². The molecule has 0 radical (unpaired) electrons. The SMILES string of the molecule is CC(C)C(C)SCC(C#N)(NC1CC1)c1ccccc1. The van der Waals surface area contributed by atoms with Crippen molar-refractivity contribution in [3.05, 3.63) is 35.9 Å². The third kappa shape index (κ3) is 3.77. The molecule has 1 saturated carbocycles. The summed E-state index contributed by atoms with van der Waals surface area (Å²) in [4.78, 5) is 0. The summed E-state index contributed by atoms with van der Waals surface area (Å²) >= 11 is 1.90. The molecule has 0 bridgehead atoms. The second kappa shape index (κ2) is 6.65. The third-order valence-corrected chi connectivity index (χ3v) is 5.66. The minimum absolute atomic E-state index is 0.518. The van der Waals surface area contributed by atoms with Crippen molar-refractivity contribution in [1.29, 1.82) is 5.26 Å². The van der Waals surface area contributed by atoms with Gasteiger partial charge in [-0.15, -0.1) is 0 Å². The summed E-state index contributed by atoms with van der Waals surface area (Å²) in [5.74, 6) is 1.44. The van der Waals surface area contributed by atoms with Crippen molar-refractivity contribution in [1.82, 2.24) is 5.32 Å². The van der Waals surface area contributed by atoms with E-state index in [4.69, 9.17) is 0 Å². The fourth-order valence-corrected chi connectivity index (χ4v) is 3.30. The Hall–Kier alpha value is -0.980. The maximum absolute atomic E-state index is 9.83. The van der Waals surface area contributed by atoms with Crippen LogP contribution in [0.15, 0.2) is 30.3 Å². The van der Waals surface area contributed by atoms with E-state index in [1.54, 1.807) is 0 Å². The van der Waals surface area contributed by atoms with E-state index in [0.717, 1.165) is 11.3 Å². The van der Waals surface area contributed by atoms with Gasteiger partial charge >= 0.3 is 0 Å². The monoisotopic (exact) mass is 288 g/mol. The number of hydrogen-bond acceptors (Lipinski definition) is 3. The van der Waals surface area contributed by atoms with Crippen molar-refractivity contribution in [3.63, 3.8) is 0 Å². The first kappa shape index (κ1) is 15.4. The Balaban J connectivity index is 2.17. The van der Waals surface area contributed by atoms with Crippen LogP contribution in [0, 0.1) is 17.2 Å². The molecule has 108 valence electrons. The van der Waals surface area contributed by atoms with Gasteiger partial charge in [-0.3, -0.25) is 5.32 Å². The number of nitrogens with zero attached hydrogens (tertiary/aromatic N) is 1. The van der Waals surface area contributed by atoms with Crippen molar-refractivity contribution in [2.45, 2.75) is 50.4 Å². The highest BCUT2D eigenvalue weighted by atomic mass is 32.2. The Morgan fingerprint density at radius 1 is 1.30 bits per heavy atom. The van der Waals surface area contributed by atoms with Gasteiger partial charge in [-0.05, 0) is 24.3 Å². The smallest absolute Gasteiger partial charge is 0.141 e. The average Bonchev–Trinajstić information content (AvgIpc) is 3.28. The first-order valence-corrected chi connectivity index (χ1v) is 8.48. The molecule has 0 spiro atoms. The molecule has 1 aliphatic rings. The topological polar surface area (TPSA) is 35.8 Å². The molecule has 1 N–H and O–H groups in total. The number of thioether (sulfide) groups is 1. The van der Waals surface area contributed by atoms with Gasteiger partial charge in [0.1, 0.15) is 5.54 Å². The molecule has 1 aromatic carbocycles. The number of benzene rings is 1. The van der Waals surface area contributed by atoms with Gasteiger partial charge in [0.15, 0.2) is 0 Å². The highest BCUT2D eigenvalue weighted by Gasteiger charge is 2.38. The number of rotatable bonds is 7. The van der Waals surface area contributed by atoms with Gasteiger partial charge in [-0.2, -0.15) is 17.0 Å². The zero-order chi connectivity index (χ0) is 14.6. The molecule has 0 saturated heterocycles. The Kier molecular flexibility index (Phi) is 5.12. The molecule has 2 unspecified atom stereocenters. The van der Waals surface area contributed by atoms with Crippen molar-refractivity contribution < 1.29 is 0 Å². The molecule has 0 aromatic heterocycles. The molecule has 3 heteroatoms. The molecule has 1 aromatic rings. The van der Waals surface area contributed by atoms with Crippen LogP contribution in [0.5, 0.6) is 0 Å². The maximum atomic E-state index is 9.83. The van der Waals surface area contributed by atoms with Gasteiger partial charge in [-0.1, -0.05) is 51.1 Å². The van der Waals surface area contributed by atoms with Crippen LogP contribution in [0.1, 0.15) is 39.2 Å². The summed E-state index contributed by atoms with van der Waals surface area (Å²) < 4.78 is 0. The molecular formula is C17H24N2S. The summed E-state index contributed by atoms with van der Waals surface area (Å²) in [5, 5.41) is 14.0. The number of hydrogen-bond donors (Lipinski definition) is 1. The highest BCUT2D eigenvalue weighted by Crippen LogP contribution is 2.33. The predicted molar refractivity (Wildman–Crippen MR) is 86.6 cm³/mol. The highest BCUT2D eigenvalue weighted by molar-refractivity contribution is 7.99. The standard InChI is InChI=1S/C17H24N2S/c1-13(2)14(3)20-12-17(11-18,19-16-9-10-16)15-7-5-4-6-8-15/h4-8,13-14,16,19H,9-10,12H2,1-3H3. The average molecular weight is 288 g/mol. The molecule has 20 heavy (non-hydrogen) atoms.